The highest BCUT2D eigenvalue weighted by molar-refractivity contribution is 7.12. The Morgan fingerprint density at radius 2 is 2.23 bits per heavy atom. The second kappa shape index (κ2) is 7.49. The van der Waals surface area contributed by atoms with Gasteiger partial charge in [0.2, 0.25) is 0 Å². The number of aromatic nitrogens is 1. The number of thiophene rings is 1. The summed E-state index contributed by atoms with van der Waals surface area (Å²) >= 11 is 1.46. The van der Waals surface area contributed by atoms with Crippen LogP contribution in [0.4, 0.5) is 0 Å². The number of nitrogens with zero attached hydrogens (tertiary/aromatic N) is 2. The molecule has 1 fully saturated rings. The lowest BCUT2D eigenvalue weighted by molar-refractivity contribution is 0.0161. The SMILES string of the molecule is O=C(NC[C@@H](c1cccnc1)N1CCOCC1)c1cccs1. The highest BCUT2D eigenvalue weighted by Gasteiger charge is 2.23. The fourth-order valence-electron chi connectivity index (χ4n) is 2.60. The summed E-state index contributed by atoms with van der Waals surface area (Å²) in [5.41, 5.74) is 1.12. The van der Waals surface area contributed by atoms with Gasteiger partial charge in [0.05, 0.1) is 24.1 Å². The van der Waals surface area contributed by atoms with Crippen molar-refractivity contribution in [2.75, 3.05) is 32.8 Å². The molecule has 1 saturated heterocycles. The van der Waals surface area contributed by atoms with Gasteiger partial charge in [0.1, 0.15) is 0 Å². The lowest BCUT2D eigenvalue weighted by atomic mass is 10.1. The van der Waals surface area contributed by atoms with Crippen LogP contribution in [0.2, 0.25) is 0 Å². The topological polar surface area (TPSA) is 54.5 Å². The van der Waals surface area contributed by atoms with Crippen LogP contribution in [0.25, 0.3) is 0 Å². The number of carbonyl (C=O) groups is 1. The zero-order valence-corrected chi connectivity index (χ0v) is 13.1. The van der Waals surface area contributed by atoms with Crippen LogP contribution in [0, 0.1) is 0 Å². The number of hydrogen-bond donors (Lipinski definition) is 1. The molecule has 1 amide bonds. The first-order valence-electron chi connectivity index (χ1n) is 7.38. The van der Waals surface area contributed by atoms with E-state index < -0.39 is 0 Å². The predicted molar refractivity (Wildman–Crippen MR) is 86.0 cm³/mol. The van der Waals surface area contributed by atoms with Gasteiger partial charge in [-0.1, -0.05) is 12.1 Å². The second-order valence-electron chi connectivity index (χ2n) is 5.14. The molecule has 0 aromatic carbocycles. The molecule has 0 unspecified atom stereocenters. The minimum atomic E-state index is -0.0165. The molecular weight excluding hydrogens is 298 g/mol. The maximum Gasteiger partial charge on any atom is 0.261 e. The summed E-state index contributed by atoms with van der Waals surface area (Å²) in [4.78, 5) is 19.5. The molecule has 1 N–H and O–H groups in total. The van der Waals surface area contributed by atoms with Gasteiger partial charge in [0, 0.05) is 32.0 Å². The molecule has 0 spiro atoms. The van der Waals surface area contributed by atoms with E-state index in [2.05, 4.69) is 21.3 Å². The summed E-state index contributed by atoms with van der Waals surface area (Å²) in [6.45, 7) is 3.77. The van der Waals surface area contributed by atoms with Crippen molar-refractivity contribution in [1.82, 2.24) is 15.2 Å². The van der Waals surface area contributed by atoms with Gasteiger partial charge in [0.25, 0.3) is 5.91 Å². The standard InChI is InChI=1S/C16H19N3O2S/c20-16(15-4-2-10-22-15)18-12-14(13-3-1-5-17-11-13)19-6-8-21-9-7-19/h1-5,10-11,14H,6-9,12H2,(H,18,20)/t14-/m0/s1. The Bertz CT molecular complexity index is 583. The van der Waals surface area contributed by atoms with Crippen molar-refractivity contribution in [2.24, 2.45) is 0 Å². The highest BCUT2D eigenvalue weighted by atomic mass is 32.1. The largest absolute Gasteiger partial charge is 0.379 e. The number of rotatable bonds is 5. The number of carbonyl (C=O) groups excluding carboxylic acids is 1. The summed E-state index contributed by atoms with van der Waals surface area (Å²) in [5, 5.41) is 4.95. The maximum absolute atomic E-state index is 12.2. The third kappa shape index (κ3) is 3.71. The zero-order chi connectivity index (χ0) is 15.2. The Balaban J connectivity index is 1.69. The van der Waals surface area contributed by atoms with E-state index in [0.29, 0.717) is 6.54 Å². The number of ether oxygens (including phenoxy) is 1. The molecule has 1 aliphatic rings. The van der Waals surface area contributed by atoms with Gasteiger partial charge in [-0.25, -0.2) is 0 Å². The minimum absolute atomic E-state index is 0.0165. The molecular formula is C16H19N3O2S. The molecule has 3 rings (SSSR count). The third-order valence-electron chi connectivity index (χ3n) is 3.76. The van der Waals surface area contributed by atoms with E-state index in [9.17, 15) is 4.79 Å². The first-order valence-corrected chi connectivity index (χ1v) is 8.26. The molecule has 22 heavy (non-hydrogen) atoms. The molecule has 116 valence electrons. The van der Waals surface area contributed by atoms with Crippen molar-refractivity contribution in [1.29, 1.82) is 0 Å². The first-order chi connectivity index (χ1) is 10.8. The second-order valence-corrected chi connectivity index (χ2v) is 6.09. The van der Waals surface area contributed by atoms with Crippen LogP contribution < -0.4 is 5.32 Å². The van der Waals surface area contributed by atoms with E-state index in [0.717, 1.165) is 36.7 Å². The summed E-state index contributed by atoms with van der Waals surface area (Å²) in [5.74, 6) is -0.0165. The van der Waals surface area contributed by atoms with Crippen LogP contribution >= 0.6 is 11.3 Å². The molecule has 2 aromatic rings. The van der Waals surface area contributed by atoms with E-state index in [4.69, 9.17) is 4.74 Å². The number of morpholine rings is 1. The number of amides is 1. The molecule has 1 atom stereocenters. The van der Waals surface area contributed by atoms with Crippen LogP contribution in [0.3, 0.4) is 0 Å². The monoisotopic (exact) mass is 317 g/mol. The first kappa shape index (κ1) is 15.1. The summed E-state index contributed by atoms with van der Waals surface area (Å²) in [6.07, 6.45) is 3.64. The van der Waals surface area contributed by atoms with E-state index in [1.54, 1.807) is 6.20 Å². The Morgan fingerprint density at radius 3 is 2.91 bits per heavy atom. The molecule has 5 nitrogen and oxygen atoms in total. The van der Waals surface area contributed by atoms with Gasteiger partial charge in [-0.05, 0) is 23.1 Å². The van der Waals surface area contributed by atoms with Crippen LogP contribution in [0.15, 0.2) is 42.0 Å². The quantitative estimate of drug-likeness (QED) is 0.916. The predicted octanol–water partition coefficient (Wildman–Crippen LogP) is 1.95. The maximum atomic E-state index is 12.2. The normalized spacial score (nSPS) is 17.1. The van der Waals surface area contributed by atoms with Gasteiger partial charge in [0.15, 0.2) is 0 Å². The van der Waals surface area contributed by atoms with E-state index in [1.165, 1.54) is 11.3 Å². The fraction of sp³-hybridized carbons (Fsp3) is 0.375. The van der Waals surface area contributed by atoms with Crippen molar-refractivity contribution < 1.29 is 9.53 Å². The van der Waals surface area contributed by atoms with Crippen molar-refractivity contribution in [3.8, 4) is 0 Å². The van der Waals surface area contributed by atoms with Crippen LogP contribution in [0.1, 0.15) is 21.3 Å². The molecule has 2 aromatic heterocycles. The van der Waals surface area contributed by atoms with E-state index in [1.807, 2.05) is 29.8 Å². The smallest absolute Gasteiger partial charge is 0.261 e. The average Bonchev–Trinajstić information content (AvgIpc) is 3.11. The molecule has 0 bridgehead atoms. The molecule has 0 saturated carbocycles. The van der Waals surface area contributed by atoms with Gasteiger partial charge in [-0.2, -0.15) is 0 Å². The molecule has 0 radical (unpaired) electrons. The molecule has 3 heterocycles. The minimum Gasteiger partial charge on any atom is -0.379 e. The van der Waals surface area contributed by atoms with Crippen molar-refractivity contribution in [3.63, 3.8) is 0 Å². The highest BCUT2D eigenvalue weighted by Crippen LogP contribution is 2.20. The Morgan fingerprint density at radius 1 is 1.36 bits per heavy atom. The summed E-state index contributed by atoms with van der Waals surface area (Å²) in [7, 11) is 0. The number of pyridine rings is 1. The van der Waals surface area contributed by atoms with Gasteiger partial charge in [-0.15, -0.1) is 11.3 Å². The van der Waals surface area contributed by atoms with Crippen molar-refractivity contribution >= 4 is 17.2 Å². The Hall–Kier alpha value is -1.76. The van der Waals surface area contributed by atoms with Crippen LogP contribution in [-0.2, 0) is 4.74 Å². The van der Waals surface area contributed by atoms with Crippen molar-refractivity contribution in [3.05, 3.63) is 52.5 Å². The lowest BCUT2D eigenvalue weighted by Crippen LogP contribution is -2.43. The van der Waals surface area contributed by atoms with Crippen LogP contribution in [0.5, 0.6) is 0 Å². The third-order valence-corrected chi connectivity index (χ3v) is 4.63. The van der Waals surface area contributed by atoms with E-state index in [-0.39, 0.29) is 11.9 Å². The van der Waals surface area contributed by atoms with Gasteiger partial charge in [-0.3, -0.25) is 14.7 Å². The number of hydrogen-bond acceptors (Lipinski definition) is 5. The fourth-order valence-corrected chi connectivity index (χ4v) is 3.24. The van der Waals surface area contributed by atoms with Gasteiger partial charge < -0.3 is 10.1 Å². The van der Waals surface area contributed by atoms with Crippen molar-refractivity contribution in [2.45, 2.75) is 6.04 Å². The molecule has 0 aliphatic carbocycles. The molecule has 6 heteroatoms. The Labute approximate surface area is 133 Å². The van der Waals surface area contributed by atoms with Crippen LogP contribution in [-0.4, -0.2) is 48.6 Å². The average molecular weight is 317 g/mol. The van der Waals surface area contributed by atoms with Gasteiger partial charge >= 0.3 is 0 Å². The summed E-state index contributed by atoms with van der Waals surface area (Å²) in [6, 6.07) is 7.85. The molecule has 1 aliphatic heterocycles. The Kier molecular flexibility index (Phi) is 5.15. The summed E-state index contributed by atoms with van der Waals surface area (Å²) < 4.78 is 5.43. The zero-order valence-electron chi connectivity index (χ0n) is 12.3. The number of nitrogens with one attached hydrogen (secondary N) is 1. The lowest BCUT2D eigenvalue weighted by Gasteiger charge is -2.34. The van der Waals surface area contributed by atoms with E-state index >= 15 is 0 Å².